The molecule has 0 aliphatic heterocycles. The van der Waals surface area contributed by atoms with Crippen molar-refractivity contribution in [3.8, 4) is 5.75 Å². The molecule has 0 spiro atoms. The van der Waals surface area contributed by atoms with Crippen molar-refractivity contribution in [1.82, 2.24) is 9.78 Å². The molecule has 0 amide bonds. The molecule has 0 aliphatic carbocycles. The van der Waals surface area contributed by atoms with Crippen LogP contribution in [0.25, 0.3) is 10.9 Å². The molecule has 4 heteroatoms. The van der Waals surface area contributed by atoms with E-state index in [-0.39, 0.29) is 0 Å². The van der Waals surface area contributed by atoms with Gasteiger partial charge in [-0.3, -0.25) is 4.68 Å². The van der Waals surface area contributed by atoms with E-state index in [1.165, 1.54) is 0 Å². The number of nitrogens with zero attached hydrogens (tertiary/aromatic N) is 2. The van der Waals surface area contributed by atoms with Gasteiger partial charge >= 0.3 is 0 Å². The summed E-state index contributed by atoms with van der Waals surface area (Å²) in [5.74, 6) is 0.816. The maximum Gasteiger partial charge on any atom is 0.135 e. The van der Waals surface area contributed by atoms with Crippen LogP contribution in [0.3, 0.4) is 0 Å². The number of benzene rings is 1. The molecule has 2 rings (SSSR count). The van der Waals surface area contributed by atoms with E-state index in [0.29, 0.717) is 6.04 Å². The highest BCUT2D eigenvalue weighted by atomic mass is 79.9. The van der Waals surface area contributed by atoms with E-state index in [1.807, 2.05) is 23.0 Å². The van der Waals surface area contributed by atoms with Crippen LogP contribution in [0, 0.1) is 0 Å². The minimum atomic E-state index is 0.377. The topological polar surface area (TPSA) is 27.1 Å². The van der Waals surface area contributed by atoms with Crippen LogP contribution in [-0.2, 0) is 0 Å². The second-order valence-corrected chi connectivity index (χ2v) is 4.60. The lowest BCUT2D eigenvalue weighted by atomic mass is 10.2. The van der Waals surface area contributed by atoms with Crippen molar-refractivity contribution in [2.24, 2.45) is 0 Å². The van der Waals surface area contributed by atoms with Crippen LogP contribution in [-0.4, -0.2) is 16.9 Å². The maximum atomic E-state index is 5.23. The summed E-state index contributed by atoms with van der Waals surface area (Å²) >= 11 is 3.46. The third-order valence-corrected chi connectivity index (χ3v) is 2.94. The average molecular weight is 269 g/mol. The first-order chi connectivity index (χ1) is 7.11. The van der Waals surface area contributed by atoms with Gasteiger partial charge in [-0.1, -0.05) is 0 Å². The van der Waals surface area contributed by atoms with Crippen molar-refractivity contribution in [2.75, 3.05) is 7.11 Å². The van der Waals surface area contributed by atoms with Crippen molar-refractivity contribution in [3.05, 3.63) is 22.8 Å². The SMILES string of the molecule is COc1cc2nn(C(C)C)cc2cc1Br. The van der Waals surface area contributed by atoms with Gasteiger partial charge in [0.05, 0.1) is 17.1 Å². The summed E-state index contributed by atoms with van der Waals surface area (Å²) in [5, 5.41) is 5.60. The van der Waals surface area contributed by atoms with E-state index in [2.05, 4.69) is 34.9 Å². The van der Waals surface area contributed by atoms with Crippen LogP contribution < -0.4 is 4.74 Å². The van der Waals surface area contributed by atoms with Crippen LogP contribution in [0.15, 0.2) is 22.8 Å². The molecule has 3 nitrogen and oxygen atoms in total. The molecule has 0 bridgehead atoms. The first-order valence-electron chi connectivity index (χ1n) is 4.84. The van der Waals surface area contributed by atoms with Gasteiger partial charge in [-0.15, -0.1) is 0 Å². The van der Waals surface area contributed by atoms with Gasteiger partial charge in [0.2, 0.25) is 0 Å². The molecule has 0 atom stereocenters. The van der Waals surface area contributed by atoms with Crippen LogP contribution in [0.1, 0.15) is 19.9 Å². The number of rotatable bonds is 2. The van der Waals surface area contributed by atoms with E-state index < -0.39 is 0 Å². The second-order valence-electron chi connectivity index (χ2n) is 3.75. The van der Waals surface area contributed by atoms with E-state index in [9.17, 15) is 0 Å². The fourth-order valence-corrected chi connectivity index (χ4v) is 1.99. The zero-order valence-corrected chi connectivity index (χ0v) is 10.6. The summed E-state index contributed by atoms with van der Waals surface area (Å²) in [5.41, 5.74) is 0.962. The van der Waals surface area contributed by atoms with Crippen molar-refractivity contribution in [1.29, 1.82) is 0 Å². The van der Waals surface area contributed by atoms with Crippen LogP contribution in [0.2, 0.25) is 0 Å². The number of ether oxygens (including phenoxy) is 1. The number of hydrogen-bond acceptors (Lipinski definition) is 2. The predicted octanol–water partition coefficient (Wildman–Crippen LogP) is 3.39. The molecule has 1 heterocycles. The summed E-state index contributed by atoms with van der Waals surface area (Å²) in [7, 11) is 1.66. The van der Waals surface area contributed by atoms with Crippen LogP contribution in [0.4, 0.5) is 0 Å². The second kappa shape index (κ2) is 3.85. The lowest BCUT2D eigenvalue weighted by molar-refractivity contribution is 0.412. The monoisotopic (exact) mass is 268 g/mol. The van der Waals surface area contributed by atoms with Gasteiger partial charge < -0.3 is 4.74 Å². The zero-order chi connectivity index (χ0) is 11.0. The van der Waals surface area contributed by atoms with E-state index in [1.54, 1.807) is 7.11 Å². The molecule has 0 saturated heterocycles. The standard InChI is InChI=1S/C11H13BrN2O/c1-7(2)14-6-8-4-9(12)11(15-3)5-10(8)13-14/h4-7H,1-3H3. The molecule has 0 unspecified atom stereocenters. The number of aromatic nitrogens is 2. The molecular weight excluding hydrogens is 256 g/mol. The fraction of sp³-hybridized carbons (Fsp3) is 0.364. The number of methoxy groups -OCH3 is 1. The van der Waals surface area contributed by atoms with Crippen LogP contribution >= 0.6 is 15.9 Å². The molecular formula is C11H13BrN2O. The fourth-order valence-electron chi connectivity index (χ4n) is 1.46. The molecule has 2 aromatic rings. The molecule has 0 saturated carbocycles. The Balaban J connectivity index is 2.61. The molecule has 1 aromatic carbocycles. The number of fused-ring (bicyclic) bond motifs is 1. The summed E-state index contributed by atoms with van der Waals surface area (Å²) in [6.07, 6.45) is 2.05. The molecule has 0 N–H and O–H groups in total. The minimum Gasteiger partial charge on any atom is -0.495 e. The normalized spacial score (nSPS) is 11.3. The Labute approximate surface area is 97.2 Å². The van der Waals surface area contributed by atoms with Crippen molar-refractivity contribution >= 4 is 26.8 Å². The van der Waals surface area contributed by atoms with Gasteiger partial charge in [0.1, 0.15) is 5.75 Å². The maximum absolute atomic E-state index is 5.23. The molecule has 0 radical (unpaired) electrons. The third-order valence-electron chi connectivity index (χ3n) is 2.32. The summed E-state index contributed by atoms with van der Waals surface area (Å²) in [4.78, 5) is 0. The highest BCUT2D eigenvalue weighted by Crippen LogP contribution is 2.29. The minimum absolute atomic E-state index is 0.377. The lowest BCUT2D eigenvalue weighted by Crippen LogP contribution is -1.99. The number of hydrogen-bond donors (Lipinski definition) is 0. The Hall–Kier alpha value is -1.03. The Morgan fingerprint density at radius 1 is 1.40 bits per heavy atom. The van der Waals surface area contributed by atoms with E-state index in [0.717, 1.165) is 21.1 Å². The molecule has 15 heavy (non-hydrogen) atoms. The first-order valence-corrected chi connectivity index (χ1v) is 5.63. The van der Waals surface area contributed by atoms with Gasteiger partial charge in [0.25, 0.3) is 0 Å². The largest absolute Gasteiger partial charge is 0.495 e. The Morgan fingerprint density at radius 2 is 2.13 bits per heavy atom. The van der Waals surface area contributed by atoms with Crippen molar-refractivity contribution in [2.45, 2.75) is 19.9 Å². The molecule has 0 aliphatic rings. The lowest BCUT2D eigenvalue weighted by Gasteiger charge is -2.02. The highest BCUT2D eigenvalue weighted by molar-refractivity contribution is 9.10. The highest BCUT2D eigenvalue weighted by Gasteiger charge is 2.07. The molecule has 0 fully saturated rings. The number of halogens is 1. The summed E-state index contributed by atoms with van der Waals surface area (Å²) < 4.78 is 8.14. The smallest absolute Gasteiger partial charge is 0.135 e. The van der Waals surface area contributed by atoms with Gasteiger partial charge in [-0.2, -0.15) is 5.10 Å². The molecule has 1 aromatic heterocycles. The summed E-state index contributed by atoms with van der Waals surface area (Å²) in [6.45, 7) is 4.22. The summed E-state index contributed by atoms with van der Waals surface area (Å²) in [6, 6.07) is 4.35. The molecule has 80 valence electrons. The Bertz CT molecular complexity index is 491. The van der Waals surface area contributed by atoms with Gasteiger partial charge in [0.15, 0.2) is 0 Å². The van der Waals surface area contributed by atoms with E-state index in [4.69, 9.17) is 4.74 Å². The predicted molar refractivity (Wildman–Crippen MR) is 64.4 cm³/mol. The Kier molecular flexibility index (Phi) is 2.69. The van der Waals surface area contributed by atoms with Gasteiger partial charge in [-0.25, -0.2) is 0 Å². The Morgan fingerprint density at radius 3 is 2.73 bits per heavy atom. The van der Waals surface area contributed by atoms with Crippen LogP contribution in [0.5, 0.6) is 5.75 Å². The third kappa shape index (κ3) is 1.86. The quantitative estimate of drug-likeness (QED) is 0.835. The zero-order valence-electron chi connectivity index (χ0n) is 8.99. The average Bonchev–Trinajstić information content (AvgIpc) is 2.59. The van der Waals surface area contributed by atoms with E-state index >= 15 is 0 Å². The van der Waals surface area contributed by atoms with Crippen molar-refractivity contribution < 1.29 is 4.74 Å². The van der Waals surface area contributed by atoms with Gasteiger partial charge in [0, 0.05) is 23.7 Å². The van der Waals surface area contributed by atoms with Crippen molar-refractivity contribution in [3.63, 3.8) is 0 Å². The van der Waals surface area contributed by atoms with Gasteiger partial charge in [-0.05, 0) is 35.8 Å². The first kappa shape index (κ1) is 10.5.